The molecule has 4 rings (SSSR count). The van der Waals surface area contributed by atoms with Crippen LogP contribution in [0.3, 0.4) is 0 Å². The van der Waals surface area contributed by atoms with Crippen LogP contribution in [0.25, 0.3) is 17.3 Å². The number of aromatic hydroxyl groups is 1. The molecule has 33 heavy (non-hydrogen) atoms. The molecule has 2 aromatic carbocycles. The fraction of sp³-hybridized carbons (Fsp3) is 0.200. The molecule has 0 radical (unpaired) electrons. The van der Waals surface area contributed by atoms with Crippen molar-refractivity contribution in [1.29, 1.82) is 0 Å². The zero-order valence-corrected chi connectivity index (χ0v) is 19.4. The van der Waals surface area contributed by atoms with Gasteiger partial charge in [0.15, 0.2) is 4.77 Å². The zero-order chi connectivity index (χ0) is 23.7. The molecule has 0 atom stereocenters. The smallest absolute Gasteiger partial charge is 0.262 e. The van der Waals surface area contributed by atoms with E-state index in [9.17, 15) is 14.7 Å². The molecular weight excluding hydrogens is 436 g/mol. The molecular formula is C25H24N4O3S. The quantitative estimate of drug-likeness (QED) is 0.510. The third kappa shape index (κ3) is 4.42. The summed E-state index contributed by atoms with van der Waals surface area (Å²) in [5, 5.41) is 15.6. The Morgan fingerprint density at radius 2 is 2.00 bits per heavy atom. The summed E-state index contributed by atoms with van der Waals surface area (Å²) in [5.41, 5.74) is 3.68. The number of aromatic nitrogens is 2. The molecule has 1 amide bonds. The van der Waals surface area contributed by atoms with E-state index < -0.39 is 5.56 Å². The average molecular weight is 461 g/mol. The van der Waals surface area contributed by atoms with Crippen LogP contribution in [0.4, 0.5) is 0 Å². The molecule has 1 aliphatic heterocycles. The fourth-order valence-corrected chi connectivity index (χ4v) is 4.27. The van der Waals surface area contributed by atoms with Crippen LogP contribution < -0.4 is 21.5 Å². The van der Waals surface area contributed by atoms with E-state index in [1.54, 1.807) is 6.08 Å². The van der Waals surface area contributed by atoms with Crippen molar-refractivity contribution < 1.29 is 9.90 Å². The number of rotatable bonds is 5. The maximum Gasteiger partial charge on any atom is 0.262 e. The maximum atomic E-state index is 12.8. The van der Waals surface area contributed by atoms with Gasteiger partial charge in [0, 0.05) is 18.7 Å². The molecule has 0 bridgehead atoms. The highest BCUT2D eigenvalue weighted by atomic mass is 32.1. The van der Waals surface area contributed by atoms with Gasteiger partial charge in [0.05, 0.1) is 16.7 Å². The Kier molecular flexibility index (Phi) is 6.11. The van der Waals surface area contributed by atoms with Crippen molar-refractivity contribution in [3.05, 3.63) is 90.6 Å². The number of hydrogen-bond donors (Lipinski definition) is 3. The van der Waals surface area contributed by atoms with Crippen molar-refractivity contribution in [3.8, 4) is 11.6 Å². The minimum Gasteiger partial charge on any atom is -0.494 e. The Bertz CT molecular complexity index is 1550. The van der Waals surface area contributed by atoms with Crippen LogP contribution in [0.1, 0.15) is 30.0 Å². The molecule has 7 nitrogen and oxygen atoms in total. The number of carbonyl (C=O) groups is 1. The third-order valence-corrected chi connectivity index (χ3v) is 5.81. The van der Waals surface area contributed by atoms with Crippen LogP contribution in [0.2, 0.25) is 0 Å². The number of aryl methyl sites for hydroxylation is 2. The first-order valence-electron chi connectivity index (χ1n) is 10.6. The summed E-state index contributed by atoms with van der Waals surface area (Å²) in [4.78, 5) is 31.5. The van der Waals surface area contributed by atoms with E-state index in [-0.39, 0.29) is 22.1 Å². The van der Waals surface area contributed by atoms with Crippen molar-refractivity contribution in [3.63, 3.8) is 0 Å². The average Bonchev–Trinajstić information content (AvgIpc) is 3.09. The number of para-hydroxylation sites is 1. The van der Waals surface area contributed by atoms with Gasteiger partial charge < -0.3 is 10.4 Å². The zero-order valence-electron chi connectivity index (χ0n) is 18.6. The SMILES string of the molecule is CC(=O)NCCC1=c2ccccc2=NC1=Cc1c(O)n(-c2ccc(C)cc2C)c(=S)[nH]c1=O. The van der Waals surface area contributed by atoms with Crippen molar-refractivity contribution in [2.75, 3.05) is 6.54 Å². The van der Waals surface area contributed by atoms with Crippen LogP contribution in [0.15, 0.2) is 57.9 Å². The van der Waals surface area contributed by atoms with Gasteiger partial charge >= 0.3 is 0 Å². The molecule has 0 unspecified atom stereocenters. The Labute approximate surface area is 195 Å². The van der Waals surface area contributed by atoms with Gasteiger partial charge in [-0.3, -0.25) is 19.1 Å². The van der Waals surface area contributed by atoms with Gasteiger partial charge in [0.1, 0.15) is 5.56 Å². The molecule has 0 fully saturated rings. The summed E-state index contributed by atoms with van der Waals surface area (Å²) in [6.45, 7) is 5.80. The summed E-state index contributed by atoms with van der Waals surface area (Å²) < 4.78 is 1.56. The van der Waals surface area contributed by atoms with Gasteiger partial charge in [-0.25, -0.2) is 4.99 Å². The lowest BCUT2D eigenvalue weighted by Gasteiger charge is -2.14. The number of H-pyrrole nitrogens is 1. The first-order chi connectivity index (χ1) is 15.8. The minimum atomic E-state index is -0.501. The second kappa shape index (κ2) is 8.99. The first kappa shape index (κ1) is 22.4. The predicted molar refractivity (Wildman–Crippen MR) is 130 cm³/mol. The Morgan fingerprint density at radius 1 is 1.24 bits per heavy atom. The normalized spacial score (nSPS) is 13.7. The summed E-state index contributed by atoms with van der Waals surface area (Å²) in [5.74, 6) is -0.371. The molecule has 8 heteroatoms. The molecule has 1 aromatic heterocycles. The number of fused-ring (bicyclic) bond motifs is 1. The van der Waals surface area contributed by atoms with Crippen LogP contribution in [0, 0.1) is 18.6 Å². The number of allylic oxidation sites excluding steroid dienone is 1. The Hall–Kier alpha value is -3.78. The second-order valence-corrected chi connectivity index (χ2v) is 8.38. The Balaban J connectivity index is 1.88. The first-order valence-corrected chi connectivity index (χ1v) is 11.0. The van der Waals surface area contributed by atoms with Crippen LogP contribution in [-0.4, -0.2) is 27.1 Å². The fourth-order valence-electron chi connectivity index (χ4n) is 3.99. The van der Waals surface area contributed by atoms with Crippen LogP contribution >= 0.6 is 12.2 Å². The highest BCUT2D eigenvalue weighted by Gasteiger charge is 2.18. The topological polar surface area (TPSA) is 99.5 Å². The highest BCUT2D eigenvalue weighted by Crippen LogP contribution is 2.27. The molecule has 168 valence electrons. The number of carbonyl (C=O) groups excluding carboxylic acids is 1. The number of nitrogens with zero attached hydrogens (tertiary/aromatic N) is 2. The lowest BCUT2D eigenvalue weighted by Crippen LogP contribution is -2.25. The predicted octanol–water partition coefficient (Wildman–Crippen LogP) is 2.57. The molecule has 0 spiro atoms. The number of amides is 1. The second-order valence-electron chi connectivity index (χ2n) is 7.99. The minimum absolute atomic E-state index is 0.0622. The van der Waals surface area contributed by atoms with Gasteiger partial charge in [-0.1, -0.05) is 35.9 Å². The van der Waals surface area contributed by atoms with Gasteiger partial charge in [0.25, 0.3) is 5.56 Å². The van der Waals surface area contributed by atoms with E-state index >= 15 is 0 Å². The Morgan fingerprint density at radius 3 is 2.73 bits per heavy atom. The van der Waals surface area contributed by atoms with Crippen LogP contribution in [-0.2, 0) is 4.79 Å². The number of hydrogen-bond acceptors (Lipinski definition) is 5. The lowest BCUT2D eigenvalue weighted by molar-refractivity contribution is -0.118. The van der Waals surface area contributed by atoms with E-state index in [0.717, 1.165) is 27.3 Å². The summed E-state index contributed by atoms with van der Waals surface area (Å²) in [7, 11) is 0. The van der Waals surface area contributed by atoms with E-state index in [4.69, 9.17) is 12.2 Å². The monoisotopic (exact) mass is 460 g/mol. The lowest BCUT2D eigenvalue weighted by atomic mass is 10.1. The number of benzene rings is 2. The number of nitrogens with one attached hydrogen (secondary N) is 2. The summed E-state index contributed by atoms with van der Waals surface area (Å²) in [6.07, 6.45) is 2.10. The standard InChI is InChI=1S/C25H24N4O3S/c1-14-8-9-22(15(2)12-14)29-24(32)19(23(31)28-25(29)33)13-21-18(10-11-26-16(3)30)17-6-4-5-7-20(17)27-21/h4-9,12-13,32H,10-11H2,1-3H3,(H,26,30)(H,28,31,33). The third-order valence-electron chi connectivity index (χ3n) is 5.52. The van der Waals surface area contributed by atoms with E-state index in [1.807, 2.05) is 56.3 Å². The van der Waals surface area contributed by atoms with Gasteiger partial charge in [-0.05, 0) is 61.8 Å². The van der Waals surface area contributed by atoms with Crippen LogP contribution in [0.5, 0.6) is 5.88 Å². The van der Waals surface area contributed by atoms with E-state index in [1.165, 1.54) is 11.5 Å². The van der Waals surface area contributed by atoms with Crippen molar-refractivity contribution in [1.82, 2.24) is 14.9 Å². The molecule has 0 saturated heterocycles. The van der Waals surface area contributed by atoms with Gasteiger partial charge in [-0.2, -0.15) is 0 Å². The van der Waals surface area contributed by atoms with E-state index in [0.29, 0.717) is 24.4 Å². The maximum absolute atomic E-state index is 12.8. The number of aromatic amines is 1. The van der Waals surface area contributed by atoms with Crippen molar-refractivity contribution in [2.45, 2.75) is 27.2 Å². The molecule has 3 aromatic rings. The van der Waals surface area contributed by atoms with Gasteiger partial charge in [-0.15, -0.1) is 0 Å². The molecule has 2 heterocycles. The largest absolute Gasteiger partial charge is 0.494 e. The highest BCUT2D eigenvalue weighted by molar-refractivity contribution is 7.71. The summed E-state index contributed by atoms with van der Waals surface area (Å²) >= 11 is 5.36. The van der Waals surface area contributed by atoms with Gasteiger partial charge in [0.2, 0.25) is 11.8 Å². The van der Waals surface area contributed by atoms with Crippen molar-refractivity contribution >= 4 is 29.8 Å². The summed E-state index contributed by atoms with van der Waals surface area (Å²) in [6, 6.07) is 13.4. The molecule has 0 aliphatic carbocycles. The molecule has 3 N–H and O–H groups in total. The van der Waals surface area contributed by atoms with Crippen molar-refractivity contribution in [2.24, 2.45) is 4.99 Å². The molecule has 1 aliphatic rings. The molecule has 0 saturated carbocycles. The van der Waals surface area contributed by atoms with E-state index in [2.05, 4.69) is 15.3 Å².